The number of aromatic carboxylic acids is 1. The first-order valence-corrected chi connectivity index (χ1v) is 6.75. The van der Waals surface area contributed by atoms with Crippen LogP contribution in [-0.4, -0.2) is 29.4 Å². The number of benzene rings is 1. The Kier molecular flexibility index (Phi) is 3.47. The molecular weight excluding hydrogens is 255 g/mol. The average molecular weight is 276 g/mol. The number of hydrogen-bond acceptors (Lipinski definition) is 3. The molecule has 0 atom stereocenters. The minimum atomic E-state index is -0.902. The van der Waals surface area contributed by atoms with Crippen LogP contribution >= 0.6 is 0 Å². The van der Waals surface area contributed by atoms with Gasteiger partial charge < -0.3 is 14.4 Å². The smallest absolute Gasteiger partial charge is 0.478 e. The highest BCUT2D eigenvalue weighted by Gasteiger charge is 2.51. The van der Waals surface area contributed by atoms with Crippen molar-refractivity contribution < 1.29 is 19.2 Å². The van der Waals surface area contributed by atoms with Gasteiger partial charge in [0.25, 0.3) is 0 Å². The van der Waals surface area contributed by atoms with Crippen LogP contribution in [0.1, 0.15) is 49.2 Å². The van der Waals surface area contributed by atoms with E-state index in [0.717, 1.165) is 16.6 Å². The van der Waals surface area contributed by atoms with Gasteiger partial charge in [0, 0.05) is 0 Å². The molecule has 2 rings (SSSR count). The minimum Gasteiger partial charge on any atom is -0.478 e. The fourth-order valence-corrected chi connectivity index (χ4v) is 2.45. The summed E-state index contributed by atoms with van der Waals surface area (Å²) in [5.74, 6) is -0.902. The molecule has 1 aliphatic heterocycles. The summed E-state index contributed by atoms with van der Waals surface area (Å²) in [6.45, 7) is 11.6. The molecule has 1 N–H and O–H groups in total. The van der Waals surface area contributed by atoms with Crippen LogP contribution in [0.25, 0.3) is 0 Å². The van der Waals surface area contributed by atoms with E-state index in [-0.39, 0.29) is 0 Å². The molecule has 1 aromatic rings. The quantitative estimate of drug-likeness (QED) is 0.842. The second kappa shape index (κ2) is 4.60. The molecule has 1 aromatic carbocycles. The van der Waals surface area contributed by atoms with Gasteiger partial charge in [0.2, 0.25) is 0 Å². The van der Waals surface area contributed by atoms with E-state index in [4.69, 9.17) is 9.31 Å². The molecule has 5 heteroatoms. The Balaban J connectivity index is 2.40. The van der Waals surface area contributed by atoms with E-state index >= 15 is 0 Å². The third kappa shape index (κ3) is 2.36. The van der Waals surface area contributed by atoms with Crippen LogP contribution in [0.15, 0.2) is 12.1 Å². The zero-order valence-electron chi connectivity index (χ0n) is 12.9. The largest absolute Gasteiger partial charge is 0.494 e. The van der Waals surface area contributed by atoms with Crippen molar-refractivity contribution in [2.75, 3.05) is 0 Å². The van der Waals surface area contributed by atoms with Gasteiger partial charge in [-0.2, -0.15) is 0 Å². The van der Waals surface area contributed by atoms with Crippen molar-refractivity contribution in [3.8, 4) is 0 Å². The van der Waals surface area contributed by atoms with E-state index in [2.05, 4.69) is 0 Å². The SMILES string of the molecule is Cc1cc(B2OC(C)(C)C(C)(C)O2)cc(C)c1C(=O)O. The Morgan fingerprint density at radius 3 is 1.80 bits per heavy atom. The highest BCUT2D eigenvalue weighted by atomic mass is 16.7. The van der Waals surface area contributed by atoms with Crippen LogP contribution in [-0.2, 0) is 9.31 Å². The third-order valence-electron chi connectivity index (χ3n) is 4.29. The molecule has 1 fully saturated rings. The molecule has 0 aliphatic carbocycles. The van der Waals surface area contributed by atoms with Crippen LogP contribution in [0.5, 0.6) is 0 Å². The number of carboxylic acids is 1. The van der Waals surface area contributed by atoms with Gasteiger partial charge >= 0.3 is 13.1 Å². The van der Waals surface area contributed by atoms with E-state index in [1.165, 1.54) is 0 Å². The maximum atomic E-state index is 11.2. The van der Waals surface area contributed by atoms with Crippen molar-refractivity contribution in [2.24, 2.45) is 0 Å². The predicted octanol–water partition coefficient (Wildman–Crippen LogP) is 2.30. The summed E-state index contributed by atoms with van der Waals surface area (Å²) in [6, 6.07) is 3.66. The molecule has 1 aliphatic rings. The first-order valence-electron chi connectivity index (χ1n) is 6.75. The Hall–Kier alpha value is -1.33. The van der Waals surface area contributed by atoms with Crippen molar-refractivity contribution in [1.29, 1.82) is 0 Å². The van der Waals surface area contributed by atoms with Gasteiger partial charge in [-0.1, -0.05) is 12.1 Å². The van der Waals surface area contributed by atoms with E-state index in [1.807, 2.05) is 39.8 Å². The lowest BCUT2D eigenvalue weighted by molar-refractivity contribution is 0.00578. The van der Waals surface area contributed by atoms with Crippen LogP contribution in [0.2, 0.25) is 0 Å². The van der Waals surface area contributed by atoms with E-state index in [0.29, 0.717) is 5.56 Å². The maximum absolute atomic E-state index is 11.2. The highest BCUT2D eigenvalue weighted by Crippen LogP contribution is 2.36. The van der Waals surface area contributed by atoms with Gasteiger partial charge in [0.1, 0.15) is 0 Å². The first-order chi connectivity index (χ1) is 9.05. The highest BCUT2D eigenvalue weighted by molar-refractivity contribution is 6.62. The average Bonchev–Trinajstić information content (AvgIpc) is 2.46. The normalized spacial score (nSPS) is 20.2. The molecule has 1 saturated heterocycles. The van der Waals surface area contributed by atoms with Crippen molar-refractivity contribution in [1.82, 2.24) is 0 Å². The van der Waals surface area contributed by atoms with Crippen molar-refractivity contribution >= 4 is 18.6 Å². The second-order valence-corrected chi connectivity index (χ2v) is 6.42. The molecular formula is C15H21BO4. The standard InChI is InChI=1S/C15H21BO4/c1-9-7-11(8-10(2)12(9)13(17)18)16-19-14(3,4)15(5,6)20-16/h7-8H,1-6H3,(H,17,18). The summed E-state index contributed by atoms with van der Waals surface area (Å²) >= 11 is 0. The molecule has 4 nitrogen and oxygen atoms in total. The number of carbonyl (C=O) groups is 1. The summed E-state index contributed by atoms with van der Waals surface area (Å²) in [5, 5.41) is 9.21. The zero-order chi connectivity index (χ0) is 15.3. The van der Waals surface area contributed by atoms with Crippen molar-refractivity contribution in [2.45, 2.75) is 52.7 Å². The Morgan fingerprint density at radius 1 is 1.05 bits per heavy atom. The minimum absolute atomic E-state index is 0.352. The number of aryl methyl sites for hydroxylation is 2. The zero-order valence-corrected chi connectivity index (χ0v) is 12.9. The van der Waals surface area contributed by atoms with Gasteiger partial charge in [0.15, 0.2) is 0 Å². The van der Waals surface area contributed by atoms with Gasteiger partial charge in [-0.05, 0) is 58.1 Å². The van der Waals surface area contributed by atoms with Crippen molar-refractivity contribution in [3.05, 3.63) is 28.8 Å². The Bertz CT molecular complexity index is 524. The maximum Gasteiger partial charge on any atom is 0.494 e. The molecule has 20 heavy (non-hydrogen) atoms. The lowest BCUT2D eigenvalue weighted by Gasteiger charge is -2.32. The second-order valence-electron chi connectivity index (χ2n) is 6.42. The summed E-state index contributed by atoms with van der Waals surface area (Å²) in [6.07, 6.45) is 0. The molecule has 0 spiro atoms. The van der Waals surface area contributed by atoms with Crippen LogP contribution < -0.4 is 5.46 Å². The van der Waals surface area contributed by atoms with Crippen LogP contribution in [0.3, 0.4) is 0 Å². The van der Waals surface area contributed by atoms with Gasteiger partial charge in [-0.3, -0.25) is 0 Å². The fraction of sp³-hybridized carbons (Fsp3) is 0.533. The molecule has 0 radical (unpaired) electrons. The summed E-state index contributed by atoms with van der Waals surface area (Å²) in [4.78, 5) is 11.2. The number of carboxylic acid groups (broad SMARTS) is 1. The molecule has 108 valence electrons. The van der Waals surface area contributed by atoms with Crippen LogP contribution in [0.4, 0.5) is 0 Å². The van der Waals surface area contributed by atoms with Crippen LogP contribution in [0, 0.1) is 13.8 Å². The van der Waals surface area contributed by atoms with E-state index in [1.54, 1.807) is 13.8 Å². The number of hydrogen-bond donors (Lipinski definition) is 1. The fourth-order valence-electron chi connectivity index (χ4n) is 2.45. The molecule has 0 aromatic heterocycles. The van der Waals surface area contributed by atoms with Gasteiger partial charge in [-0.15, -0.1) is 0 Å². The van der Waals surface area contributed by atoms with E-state index < -0.39 is 24.3 Å². The molecule has 0 saturated carbocycles. The topological polar surface area (TPSA) is 55.8 Å². The summed E-state index contributed by atoms with van der Waals surface area (Å²) < 4.78 is 12.0. The Labute approximate surface area is 120 Å². The first kappa shape index (κ1) is 15.1. The monoisotopic (exact) mass is 276 g/mol. The summed E-state index contributed by atoms with van der Waals surface area (Å²) in [7, 11) is -0.458. The van der Waals surface area contributed by atoms with Gasteiger partial charge in [0.05, 0.1) is 16.8 Å². The molecule has 0 unspecified atom stereocenters. The molecule has 0 bridgehead atoms. The van der Waals surface area contributed by atoms with Gasteiger partial charge in [-0.25, -0.2) is 4.79 Å². The summed E-state index contributed by atoms with van der Waals surface area (Å²) in [5.41, 5.74) is 1.87. The lowest BCUT2D eigenvalue weighted by atomic mass is 9.76. The molecule has 1 heterocycles. The van der Waals surface area contributed by atoms with Crippen molar-refractivity contribution in [3.63, 3.8) is 0 Å². The third-order valence-corrected chi connectivity index (χ3v) is 4.29. The number of rotatable bonds is 2. The predicted molar refractivity (Wildman–Crippen MR) is 78.6 cm³/mol. The van der Waals surface area contributed by atoms with E-state index in [9.17, 15) is 9.90 Å². The lowest BCUT2D eigenvalue weighted by Crippen LogP contribution is -2.41. The molecule has 0 amide bonds. The Morgan fingerprint density at radius 2 is 1.45 bits per heavy atom.